The summed E-state index contributed by atoms with van der Waals surface area (Å²) in [5.41, 5.74) is 11.7. The molecule has 0 aliphatic rings. The maximum Gasteiger partial charge on any atom is 0.0967 e. The van der Waals surface area contributed by atoms with Gasteiger partial charge in [-0.2, -0.15) is 0 Å². The lowest BCUT2D eigenvalue weighted by atomic mass is 10.1. The molecule has 4 heteroatoms. The molecule has 0 spiro atoms. The molecule has 0 fully saturated rings. The van der Waals surface area contributed by atoms with Crippen LogP contribution in [0.4, 0.5) is 11.4 Å². The number of benzene rings is 1. The van der Waals surface area contributed by atoms with E-state index in [-0.39, 0.29) is 0 Å². The SMILES string of the molecule is CN(C)Nc1ccc(N)c2cccnc12. The van der Waals surface area contributed by atoms with E-state index in [1.807, 2.05) is 43.4 Å². The van der Waals surface area contributed by atoms with Gasteiger partial charge in [0.05, 0.1) is 11.2 Å². The highest BCUT2D eigenvalue weighted by molar-refractivity contribution is 5.98. The minimum Gasteiger partial charge on any atom is -0.398 e. The van der Waals surface area contributed by atoms with Crippen LogP contribution in [0.1, 0.15) is 0 Å². The van der Waals surface area contributed by atoms with Crippen LogP contribution in [-0.4, -0.2) is 24.1 Å². The molecule has 0 aliphatic carbocycles. The molecule has 1 heterocycles. The van der Waals surface area contributed by atoms with Crippen molar-refractivity contribution in [2.24, 2.45) is 0 Å². The number of rotatable bonds is 2. The average Bonchev–Trinajstić information content (AvgIpc) is 2.22. The van der Waals surface area contributed by atoms with E-state index >= 15 is 0 Å². The normalized spacial score (nSPS) is 10.9. The minimum absolute atomic E-state index is 0.752. The standard InChI is InChI=1S/C11H14N4/c1-15(2)14-10-6-5-9(12)8-4-3-7-13-11(8)10/h3-7,14H,12H2,1-2H3. The van der Waals surface area contributed by atoms with Crippen molar-refractivity contribution in [2.75, 3.05) is 25.3 Å². The first-order valence-corrected chi connectivity index (χ1v) is 4.75. The van der Waals surface area contributed by atoms with Gasteiger partial charge in [-0.25, -0.2) is 5.01 Å². The number of nitrogens with one attached hydrogen (secondary N) is 1. The Morgan fingerprint density at radius 3 is 2.80 bits per heavy atom. The molecule has 1 aromatic carbocycles. The third-order valence-corrected chi connectivity index (χ3v) is 2.15. The molecule has 0 aliphatic heterocycles. The van der Waals surface area contributed by atoms with Crippen molar-refractivity contribution in [3.8, 4) is 0 Å². The van der Waals surface area contributed by atoms with Gasteiger partial charge in [-0.05, 0) is 24.3 Å². The quantitative estimate of drug-likeness (QED) is 0.575. The van der Waals surface area contributed by atoms with E-state index < -0.39 is 0 Å². The van der Waals surface area contributed by atoms with Crippen molar-refractivity contribution in [3.63, 3.8) is 0 Å². The fourth-order valence-corrected chi connectivity index (χ4v) is 1.53. The van der Waals surface area contributed by atoms with Crippen molar-refractivity contribution < 1.29 is 0 Å². The zero-order valence-corrected chi connectivity index (χ0v) is 8.86. The van der Waals surface area contributed by atoms with Gasteiger partial charge in [0.25, 0.3) is 0 Å². The molecule has 0 atom stereocenters. The number of fused-ring (bicyclic) bond motifs is 1. The van der Waals surface area contributed by atoms with Gasteiger partial charge in [0.1, 0.15) is 0 Å². The highest BCUT2D eigenvalue weighted by Crippen LogP contribution is 2.26. The van der Waals surface area contributed by atoms with E-state index in [4.69, 9.17) is 5.73 Å². The molecule has 0 saturated carbocycles. The largest absolute Gasteiger partial charge is 0.398 e. The number of hydrogen-bond donors (Lipinski definition) is 2. The molecule has 4 nitrogen and oxygen atoms in total. The third kappa shape index (κ3) is 1.85. The Balaban J connectivity index is 2.61. The summed E-state index contributed by atoms with van der Waals surface area (Å²) in [5, 5.41) is 2.85. The van der Waals surface area contributed by atoms with Crippen LogP contribution in [0.25, 0.3) is 10.9 Å². The van der Waals surface area contributed by atoms with E-state index in [2.05, 4.69) is 10.4 Å². The molecule has 0 bridgehead atoms. The van der Waals surface area contributed by atoms with Crippen molar-refractivity contribution >= 4 is 22.3 Å². The molecule has 15 heavy (non-hydrogen) atoms. The van der Waals surface area contributed by atoms with Crippen LogP contribution >= 0.6 is 0 Å². The number of hydrazine groups is 1. The lowest BCUT2D eigenvalue weighted by molar-refractivity contribution is 0.496. The van der Waals surface area contributed by atoms with Crippen molar-refractivity contribution in [2.45, 2.75) is 0 Å². The van der Waals surface area contributed by atoms with Gasteiger partial charge in [0.15, 0.2) is 0 Å². The van der Waals surface area contributed by atoms with Gasteiger partial charge in [-0.3, -0.25) is 4.98 Å². The van der Waals surface area contributed by atoms with Crippen LogP contribution in [0, 0.1) is 0 Å². The number of pyridine rings is 1. The molecule has 0 saturated heterocycles. The summed E-state index contributed by atoms with van der Waals surface area (Å²) in [6.45, 7) is 0. The molecule has 2 rings (SSSR count). The number of nitrogens with zero attached hydrogens (tertiary/aromatic N) is 2. The average molecular weight is 202 g/mol. The Hall–Kier alpha value is -1.81. The minimum atomic E-state index is 0.752. The second-order valence-electron chi connectivity index (χ2n) is 3.61. The van der Waals surface area contributed by atoms with Crippen molar-refractivity contribution in [3.05, 3.63) is 30.5 Å². The molecule has 2 aromatic rings. The number of hydrogen-bond acceptors (Lipinski definition) is 4. The smallest absolute Gasteiger partial charge is 0.0967 e. The molecule has 0 unspecified atom stereocenters. The Morgan fingerprint density at radius 2 is 2.07 bits per heavy atom. The van der Waals surface area contributed by atoms with Crippen LogP contribution in [0.15, 0.2) is 30.5 Å². The van der Waals surface area contributed by atoms with Crippen LogP contribution < -0.4 is 11.2 Å². The highest BCUT2D eigenvalue weighted by atomic mass is 15.5. The lowest BCUT2D eigenvalue weighted by Crippen LogP contribution is -2.19. The predicted molar refractivity (Wildman–Crippen MR) is 63.5 cm³/mol. The van der Waals surface area contributed by atoms with E-state index in [1.165, 1.54) is 0 Å². The Morgan fingerprint density at radius 1 is 1.27 bits per heavy atom. The topological polar surface area (TPSA) is 54.2 Å². The molecule has 3 N–H and O–H groups in total. The summed E-state index contributed by atoms with van der Waals surface area (Å²) < 4.78 is 0. The van der Waals surface area contributed by atoms with E-state index in [1.54, 1.807) is 6.20 Å². The Kier molecular flexibility index (Phi) is 2.43. The van der Waals surface area contributed by atoms with Gasteiger partial charge in [-0.15, -0.1) is 0 Å². The van der Waals surface area contributed by atoms with Gasteiger partial charge in [0.2, 0.25) is 0 Å². The van der Waals surface area contributed by atoms with Gasteiger partial charge < -0.3 is 11.2 Å². The summed E-state index contributed by atoms with van der Waals surface area (Å²) in [5.74, 6) is 0. The molecular weight excluding hydrogens is 188 g/mol. The second kappa shape index (κ2) is 3.74. The van der Waals surface area contributed by atoms with Crippen molar-refractivity contribution in [1.82, 2.24) is 9.99 Å². The second-order valence-corrected chi connectivity index (χ2v) is 3.61. The number of anilines is 2. The van der Waals surface area contributed by atoms with E-state index in [0.717, 1.165) is 22.3 Å². The summed E-state index contributed by atoms with van der Waals surface area (Å²) in [7, 11) is 3.87. The molecule has 78 valence electrons. The van der Waals surface area contributed by atoms with Gasteiger partial charge >= 0.3 is 0 Å². The summed E-state index contributed by atoms with van der Waals surface area (Å²) in [4.78, 5) is 4.33. The summed E-state index contributed by atoms with van der Waals surface area (Å²) >= 11 is 0. The lowest BCUT2D eigenvalue weighted by Gasteiger charge is -2.15. The monoisotopic (exact) mass is 202 g/mol. The molecule has 0 radical (unpaired) electrons. The molecular formula is C11H14N4. The number of nitrogen functional groups attached to an aromatic ring is 1. The first kappa shape index (κ1) is 9.73. The van der Waals surface area contributed by atoms with E-state index in [0.29, 0.717) is 0 Å². The van der Waals surface area contributed by atoms with Gasteiger partial charge in [-0.1, -0.05) is 0 Å². The van der Waals surface area contributed by atoms with Crippen LogP contribution in [0.2, 0.25) is 0 Å². The third-order valence-electron chi connectivity index (χ3n) is 2.15. The number of nitrogens with two attached hydrogens (primary N) is 1. The highest BCUT2D eigenvalue weighted by Gasteiger charge is 2.04. The molecule has 1 aromatic heterocycles. The van der Waals surface area contributed by atoms with E-state index in [9.17, 15) is 0 Å². The van der Waals surface area contributed by atoms with Crippen LogP contribution in [0.5, 0.6) is 0 Å². The molecule has 0 amide bonds. The first-order valence-electron chi connectivity index (χ1n) is 4.75. The first-order chi connectivity index (χ1) is 7.18. The fraction of sp³-hybridized carbons (Fsp3) is 0.182. The van der Waals surface area contributed by atoms with Crippen molar-refractivity contribution in [1.29, 1.82) is 0 Å². The Bertz CT molecular complexity index is 479. The Labute approximate surface area is 88.7 Å². The zero-order chi connectivity index (χ0) is 10.8. The number of aromatic nitrogens is 1. The van der Waals surface area contributed by atoms with Crippen LogP contribution in [0.3, 0.4) is 0 Å². The van der Waals surface area contributed by atoms with Crippen LogP contribution in [-0.2, 0) is 0 Å². The fourth-order valence-electron chi connectivity index (χ4n) is 1.53. The van der Waals surface area contributed by atoms with Gasteiger partial charge in [0, 0.05) is 31.4 Å². The zero-order valence-electron chi connectivity index (χ0n) is 8.86. The maximum absolute atomic E-state index is 5.87. The summed E-state index contributed by atoms with van der Waals surface area (Å²) in [6.07, 6.45) is 1.77. The summed E-state index contributed by atoms with van der Waals surface area (Å²) in [6, 6.07) is 7.68. The predicted octanol–water partition coefficient (Wildman–Crippen LogP) is 1.71. The maximum atomic E-state index is 5.87.